The molecule has 0 saturated carbocycles. The van der Waals surface area contributed by atoms with Gasteiger partial charge in [-0.3, -0.25) is 0 Å². The molecule has 0 fully saturated rings. The summed E-state index contributed by atoms with van der Waals surface area (Å²) in [5.41, 5.74) is 2.25. The molecule has 0 bridgehead atoms. The lowest BCUT2D eigenvalue weighted by Gasteiger charge is -2.12. The van der Waals surface area contributed by atoms with Gasteiger partial charge in [-0.25, -0.2) is 4.79 Å². The van der Waals surface area contributed by atoms with Crippen LogP contribution in [0.1, 0.15) is 21.5 Å². The van der Waals surface area contributed by atoms with Gasteiger partial charge in [0.25, 0.3) is 0 Å². The van der Waals surface area contributed by atoms with E-state index in [9.17, 15) is 4.79 Å². The molecule has 0 unspecified atom stereocenters. The fraction of sp³-hybridized carbons (Fsp3) is 0.235. The third-order valence-electron chi connectivity index (χ3n) is 3.35. The largest absolute Gasteiger partial charge is 0.493 e. The predicted molar refractivity (Wildman–Crippen MR) is 95.7 cm³/mol. The van der Waals surface area contributed by atoms with Gasteiger partial charge < -0.3 is 19.9 Å². The van der Waals surface area contributed by atoms with Gasteiger partial charge >= 0.3 is 5.97 Å². The van der Waals surface area contributed by atoms with Crippen LogP contribution in [0, 0.1) is 0 Å². The topological polar surface area (TPSA) is 67.8 Å². The molecule has 2 rings (SSSR count). The summed E-state index contributed by atoms with van der Waals surface area (Å²) in [6.07, 6.45) is 0. The van der Waals surface area contributed by atoms with Crippen LogP contribution in [-0.2, 0) is 13.1 Å². The summed E-state index contributed by atoms with van der Waals surface area (Å²) in [6, 6.07) is 10.4. The van der Waals surface area contributed by atoms with Crippen LogP contribution in [0.2, 0.25) is 5.02 Å². The molecular weight excluding hydrogens is 353 g/mol. The van der Waals surface area contributed by atoms with Crippen LogP contribution >= 0.6 is 24.0 Å². The number of ether oxygens (including phenoxy) is 2. The number of hydrogen-bond acceptors (Lipinski definition) is 4. The monoisotopic (exact) mass is 371 g/mol. The average molecular weight is 372 g/mol. The lowest BCUT2D eigenvalue weighted by atomic mass is 10.1. The average Bonchev–Trinajstić information content (AvgIpc) is 2.54. The number of carboxylic acid groups (broad SMARTS) is 1. The minimum absolute atomic E-state index is 0. The predicted octanol–water partition coefficient (Wildman–Crippen LogP) is 3.77. The van der Waals surface area contributed by atoms with Gasteiger partial charge in [-0.2, -0.15) is 0 Å². The molecule has 0 aromatic heterocycles. The number of rotatable bonds is 7. The number of carbonyl (C=O) groups is 1. The first-order chi connectivity index (χ1) is 11.0. The number of benzene rings is 2. The van der Waals surface area contributed by atoms with Crippen molar-refractivity contribution in [1.82, 2.24) is 5.32 Å². The Labute approximate surface area is 152 Å². The highest BCUT2D eigenvalue weighted by Gasteiger charge is 2.10. The summed E-state index contributed by atoms with van der Waals surface area (Å²) in [5, 5.41) is 12.6. The summed E-state index contributed by atoms with van der Waals surface area (Å²) in [7, 11) is 3.11. The Hall–Kier alpha value is -1.95. The van der Waals surface area contributed by atoms with E-state index in [1.807, 2.05) is 12.1 Å². The van der Waals surface area contributed by atoms with Crippen molar-refractivity contribution in [2.24, 2.45) is 0 Å². The zero-order valence-corrected chi connectivity index (χ0v) is 14.9. The molecule has 7 heteroatoms. The van der Waals surface area contributed by atoms with E-state index in [1.165, 1.54) is 0 Å². The molecule has 2 aromatic carbocycles. The zero-order valence-electron chi connectivity index (χ0n) is 13.3. The molecular formula is C17H19Cl2NO4. The maximum atomic E-state index is 10.8. The van der Waals surface area contributed by atoms with Crippen LogP contribution in [-0.4, -0.2) is 25.3 Å². The van der Waals surface area contributed by atoms with Crippen molar-refractivity contribution < 1.29 is 19.4 Å². The van der Waals surface area contributed by atoms with Gasteiger partial charge in [0.2, 0.25) is 0 Å². The van der Waals surface area contributed by atoms with E-state index in [1.54, 1.807) is 38.5 Å². The quantitative estimate of drug-likeness (QED) is 0.775. The van der Waals surface area contributed by atoms with E-state index in [0.29, 0.717) is 29.6 Å². The smallest absolute Gasteiger partial charge is 0.335 e. The minimum atomic E-state index is -0.926. The molecule has 5 nitrogen and oxygen atoms in total. The second-order valence-electron chi connectivity index (χ2n) is 4.92. The molecule has 2 N–H and O–H groups in total. The number of carboxylic acids is 1. The van der Waals surface area contributed by atoms with E-state index < -0.39 is 5.97 Å². The Morgan fingerprint density at radius 1 is 1.08 bits per heavy atom. The minimum Gasteiger partial charge on any atom is -0.493 e. The van der Waals surface area contributed by atoms with Crippen molar-refractivity contribution >= 4 is 30.0 Å². The van der Waals surface area contributed by atoms with Crippen LogP contribution in [0.4, 0.5) is 0 Å². The first kappa shape index (κ1) is 20.1. The maximum Gasteiger partial charge on any atom is 0.335 e. The molecule has 0 aliphatic heterocycles. The Morgan fingerprint density at radius 3 is 2.25 bits per heavy atom. The SMILES string of the molecule is COc1cc(CNCc2ccc(C(=O)O)cc2)cc(Cl)c1OC.Cl. The Morgan fingerprint density at radius 2 is 1.71 bits per heavy atom. The van der Waals surface area contributed by atoms with Gasteiger partial charge in [-0.15, -0.1) is 12.4 Å². The molecule has 0 atom stereocenters. The van der Waals surface area contributed by atoms with Crippen LogP contribution in [0.3, 0.4) is 0 Å². The van der Waals surface area contributed by atoms with Crippen molar-refractivity contribution in [2.75, 3.05) is 14.2 Å². The molecule has 130 valence electrons. The summed E-state index contributed by atoms with van der Waals surface area (Å²) < 4.78 is 10.5. The fourth-order valence-electron chi connectivity index (χ4n) is 2.19. The Bertz CT molecular complexity index is 690. The summed E-state index contributed by atoms with van der Waals surface area (Å²) in [5.74, 6) is 0.175. The Kier molecular flexibility index (Phi) is 7.85. The van der Waals surface area contributed by atoms with Gasteiger partial charge in [-0.05, 0) is 35.4 Å². The molecule has 0 radical (unpaired) electrons. The highest BCUT2D eigenvalue weighted by Crippen LogP contribution is 2.35. The molecule has 0 aliphatic rings. The van der Waals surface area contributed by atoms with E-state index >= 15 is 0 Å². The number of halogens is 2. The summed E-state index contributed by atoms with van der Waals surface area (Å²) in [6.45, 7) is 1.21. The standard InChI is InChI=1S/C17H18ClNO4.ClH/c1-22-15-8-12(7-14(18)16(15)23-2)10-19-9-11-3-5-13(6-4-11)17(20)21;/h3-8,19H,9-10H2,1-2H3,(H,20,21);1H. The molecule has 0 aliphatic carbocycles. The third kappa shape index (κ3) is 5.03. The van der Waals surface area contributed by atoms with Gasteiger partial charge in [0, 0.05) is 13.1 Å². The number of aromatic carboxylic acids is 1. The molecule has 0 saturated heterocycles. The van der Waals surface area contributed by atoms with Crippen LogP contribution < -0.4 is 14.8 Å². The van der Waals surface area contributed by atoms with E-state index in [4.69, 9.17) is 26.2 Å². The van der Waals surface area contributed by atoms with Crippen molar-refractivity contribution in [2.45, 2.75) is 13.1 Å². The Balaban J connectivity index is 0.00000288. The first-order valence-corrected chi connectivity index (χ1v) is 7.36. The van der Waals surface area contributed by atoms with Gasteiger partial charge in [-0.1, -0.05) is 23.7 Å². The lowest BCUT2D eigenvalue weighted by Crippen LogP contribution is -2.13. The normalized spacial score (nSPS) is 9.96. The third-order valence-corrected chi connectivity index (χ3v) is 3.63. The lowest BCUT2D eigenvalue weighted by molar-refractivity contribution is 0.0697. The van der Waals surface area contributed by atoms with Gasteiger partial charge in [0.15, 0.2) is 11.5 Å². The zero-order chi connectivity index (χ0) is 16.8. The number of nitrogens with one attached hydrogen (secondary N) is 1. The van der Waals surface area contributed by atoms with E-state index in [0.717, 1.165) is 11.1 Å². The van der Waals surface area contributed by atoms with Crippen molar-refractivity contribution in [3.05, 3.63) is 58.1 Å². The van der Waals surface area contributed by atoms with Crippen LogP contribution in [0.25, 0.3) is 0 Å². The van der Waals surface area contributed by atoms with Crippen LogP contribution in [0.5, 0.6) is 11.5 Å². The van der Waals surface area contributed by atoms with Crippen molar-refractivity contribution in [1.29, 1.82) is 0 Å². The van der Waals surface area contributed by atoms with Gasteiger partial charge in [0.1, 0.15) is 0 Å². The van der Waals surface area contributed by atoms with Crippen LogP contribution in [0.15, 0.2) is 36.4 Å². The maximum absolute atomic E-state index is 10.8. The van der Waals surface area contributed by atoms with E-state index in [-0.39, 0.29) is 18.0 Å². The molecule has 24 heavy (non-hydrogen) atoms. The van der Waals surface area contributed by atoms with Crippen molar-refractivity contribution in [3.63, 3.8) is 0 Å². The number of methoxy groups -OCH3 is 2. The van der Waals surface area contributed by atoms with E-state index in [2.05, 4.69) is 5.32 Å². The van der Waals surface area contributed by atoms with Crippen molar-refractivity contribution in [3.8, 4) is 11.5 Å². The first-order valence-electron chi connectivity index (χ1n) is 6.98. The summed E-state index contributed by atoms with van der Waals surface area (Å²) >= 11 is 6.17. The second kappa shape index (κ2) is 9.37. The number of hydrogen-bond donors (Lipinski definition) is 2. The summed E-state index contributed by atoms with van der Waals surface area (Å²) in [4.78, 5) is 10.8. The second-order valence-corrected chi connectivity index (χ2v) is 5.33. The highest BCUT2D eigenvalue weighted by molar-refractivity contribution is 6.32. The highest BCUT2D eigenvalue weighted by atomic mass is 35.5. The molecule has 0 heterocycles. The molecule has 2 aromatic rings. The molecule has 0 amide bonds. The fourth-order valence-corrected chi connectivity index (χ4v) is 2.50. The van der Waals surface area contributed by atoms with Gasteiger partial charge in [0.05, 0.1) is 24.8 Å². The molecule has 0 spiro atoms.